The number of halogens is 1. The number of aliphatic hydroxyl groups is 1. The minimum atomic E-state index is -0.165. The second-order valence-corrected chi connectivity index (χ2v) is 8.97. The van der Waals surface area contributed by atoms with Crippen LogP contribution in [0.25, 0.3) is 0 Å². The third-order valence-corrected chi connectivity index (χ3v) is 6.37. The maximum absolute atomic E-state index is 12.6. The molecule has 4 nitrogen and oxygen atoms in total. The van der Waals surface area contributed by atoms with Gasteiger partial charge in [0.05, 0.1) is 6.10 Å². The molecule has 150 valence electrons. The van der Waals surface area contributed by atoms with Gasteiger partial charge in [-0.1, -0.05) is 11.6 Å². The molecule has 0 unspecified atom stereocenters. The molecule has 1 heterocycles. The Morgan fingerprint density at radius 3 is 2.67 bits per heavy atom. The molecular formula is C22H33ClN2O2. The largest absolute Gasteiger partial charge is 0.393 e. The summed E-state index contributed by atoms with van der Waals surface area (Å²) in [6.45, 7) is 8.32. The van der Waals surface area contributed by atoms with E-state index >= 15 is 0 Å². The van der Waals surface area contributed by atoms with E-state index in [2.05, 4.69) is 30.1 Å². The van der Waals surface area contributed by atoms with Crippen molar-refractivity contribution in [2.75, 3.05) is 19.6 Å². The minimum absolute atomic E-state index is 0.165. The quantitative estimate of drug-likeness (QED) is 0.778. The normalized spacial score (nSPS) is 26.9. The predicted octanol–water partition coefficient (Wildman–Crippen LogP) is 3.49. The number of aliphatic hydroxyl groups excluding tert-OH is 1. The standard InChI is InChI=1S/C22H33ClN2O2/c1-15-13-25(8-7-24-15)14-19-11-20(23)10-18(16(19)2)12-22(27)9-17-3-5-21(26)6-4-17/h10-11,15,17,21,24,26H,3-9,12-14H2,1-2H3/t15-,17?,21?/m0/s1. The molecule has 2 aliphatic rings. The first-order valence-corrected chi connectivity index (χ1v) is 10.7. The smallest absolute Gasteiger partial charge is 0.137 e. The van der Waals surface area contributed by atoms with Gasteiger partial charge in [-0.15, -0.1) is 0 Å². The van der Waals surface area contributed by atoms with Crippen molar-refractivity contribution >= 4 is 17.4 Å². The van der Waals surface area contributed by atoms with Crippen molar-refractivity contribution in [3.05, 3.63) is 33.8 Å². The number of rotatable bonds is 6. The Morgan fingerprint density at radius 2 is 1.96 bits per heavy atom. The number of Topliss-reactive ketones (excluding diaryl/α,β-unsaturated/α-hetero) is 1. The molecule has 1 saturated heterocycles. The average molecular weight is 393 g/mol. The van der Waals surface area contributed by atoms with Crippen molar-refractivity contribution in [2.24, 2.45) is 5.92 Å². The van der Waals surface area contributed by atoms with Crippen LogP contribution in [0.15, 0.2) is 12.1 Å². The van der Waals surface area contributed by atoms with E-state index in [4.69, 9.17) is 11.6 Å². The number of benzene rings is 1. The zero-order valence-electron chi connectivity index (χ0n) is 16.6. The first kappa shape index (κ1) is 20.8. The van der Waals surface area contributed by atoms with E-state index < -0.39 is 0 Å². The Morgan fingerprint density at radius 1 is 1.26 bits per heavy atom. The van der Waals surface area contributed by atoms with Crippen molar-refractivity contribution in [3.63, 3.8) is 0 Å². The molecular weight excluding hydrogens is 360 g/mol. The van der Waals surface area contributed by atoms with Gasteiger partial charge < -0.3 is 10.4 Å². The molecule has 2 fully saturated rings. The van der Waals surface area contributed by atoms with E-state index in [0.717, 1.165) is 62.4 Å². The van der Waals surface area contributed by atoms with E-state index in [-0.39, 0.29) is 6.10 Å². The number of carbonyl (C=O) groups excluding carboxylic acids is 1. The Labute approximate surface area is 168 Å². The maximum Gasteiger partial charge on any atom is 0.137 e. The number of nitrogens with zero attached hydrogens (tertiary/aromatic N) is 1. The van der Waals surface area contributed by atoms with Crippen LogP contribution in [0.1, 0.15) is 55.7 Å². The lowest BCUT2D eigenvalue weighted by Crippen LogP contribution is -2.48. The molecule has 27 heavy (non-hydrogen) atoms. The minimum Gasteiger partial charge on any atom is -0.393 e. The highest BCUT2D eigenvalue weighted by atomic mass is 35.5. The zero-order chi connectivity index (χ0) is 19.4. The lowest BCUT2D eigenvalue weighted by atomic mass is 9.83. The lowest BCUT2D eigenvalue weighted by molar-refractivity contribution is -0.119. The summed E-state index contributed by atoms with van der Waals surface area (Å²) in [7, 11) is 0. The molecule has 1 aromatic rings. The summed E-state index contributed by atoms with van der Waals surface area (Å²) in [6, 6.07) is 4.52. The van der Waals surface area contributed by atoms with Crippen LogP contribution in [0.2, 0.25) is 5.02 Å². The Bertz CT molecular complexity index is 656. The first-order chi connectivity index (χ1) is 12.9. The van der Waals surface area contributed by atoms with Crippen molar-refractivity contribution in [1.82, 2.24) is 10.2 Å². The molecule has 5 heteroatoms. The Kier molecular flexibility index (Phi) is 7.32. The maximum atomic E-state index is 12.6. The fourth-order valence-corrected chi connectivity index (χ4v) is 4.76. The molecule has 1 saturated carbocycles. The predicted molar refractivity (Wildman–Crippen MR) is 110 cm³/mol. The van der Waals surface area contributed by atoms with Gasteiger partial charge in [0.25, 0.3) is 0 Å². The molecule has 1 aliphatic heterocycles. The summed E-state index contributed by atoms with van der Waals surface area (Å²) in [5.74, 6) is 0.727. The molecule has 1 aliphatic carbocycles. The van der Waals surface area contributed by atoms with Gasteiger partial charge in [0.2, 0.25) is 0 Å². The van der Waals surface area contributed by atoms with Crippen LogP contribution < -0.4 is 5.32 Å². The second-order valence-electron chi connectivity index (χ2n) is 8.53. The van der Waals surface area contributed by atoms with Crippen molar-refractivity contribution in [3.8, 4) is 0 Å². The van der Waals surface area contributed by atoms with E-state index in [1.807, 2.05) is 6.07 Å². The van der Waals surface area contributed by atoms with Crippen molar-refractivity contribution in [2.45, 2.75) is 71.1 Å². The zero-order valence-corrected chi connectivity index (χ0v) is 17.4. The van der Waals surface area contributed by atoms with Gasteiger partial charge in [-0.3, -0.25) is 9.69 Å². The summed E-state index contributed by atoms with van der Waals surface area (Å²) in [4.78, 5) is 15.1. The van der Waals surface area contributed by atoms with Crippen LogP contribution in [-0.4, -0.2) is 47.6 Å². The van der Waals surface area contributed by atoms with Crippen LogP contribution in [0.4, 0.5) is 0 Å². The number of hydrogen-bond acceptors (Lipinski definition) is 4. The van der Waals surface area contributed by atoms with Gasteiger partial charge in [0.15, 0.2) is 0 Å². The molecule has 0 aromatic heterocycles. The van der Waals surface area contributed by atoms with Gasteiger partial charge in [-0.05, 0) is 74.3 Å². The highest BCUT2D eigenvalue weighted by molar-refractivity contribution is 6.30. The van der Waals surface area contributed by atoms with Crippen LogP contribution in [0.3, 0.4) is 0 Å². The molecule has 0 bridgehead atoms. The Balaban J connectivity index is 1.63. The monoisotopic (exact) mass is 392 g/mol. The summed E-state index contributed by atoms with van der Waals surface area (Å²) >= 11 is 6.39. The molecule has 1 atom stereocenters. The number of piperazine rings is 1. The van der Waals surface area contributed by atoms with E-state index in [1.165, 1.54) is 11.1 Å². The summed E-state index contributed by atoms with van der Waals surface area (Å²) in [5.41, 5.74) is 3.51. The third kappa shape index (κ3) is 6.02. The fraction of sp³-hybridized carbons (Fsp3) is 0.682. The molecule has 3 rings (SSSR count). The number of ketones is 1. The number of nitrogens with one attached hydrogen (secondary N) is 1. The fourth-order valence-electron chi connectivity index (χ4n) is 4.50. The van der Waals surface area contributed by atoms with Gasteiger partial charge in [-0.25, -0.2) is 0 Å². The summed E-state index contributed by atoms with van der Waals surface area (Å²) in [6.07, 6.45) is 4.53. The molecule has 1 aromatic carbocycles. The molecule has 0 radical (unpaired) electrons. The van der Waals surface area contributed by atoms with Gasteiger partial charge >= 0.3 is 0 Å². The van der Waals surface area contributed by atoms with Gasteiger partial charge in [0, 0.05) is 50.1 Å². The van der Waals surface area contributed by atoms with Crippen molar-refractivity contribution < 1.29 is 9.90 Å². The van der Waals surface area contributed by atoms with Crippen LogP contribution in [0, 0.1) is 12.8 Å². The topological polar surface area (TPSA) is 52.6 Å². The van der Waals surface area contributed by atoms with Crippen molar-refractivity contribution in [1.29, 1.82) is 0 Å². The number of hydrogen-bond donors (Lipinski definition) is 2. The molecule has 0 amide bonds. The van der Waals surface area contributed by atoms with Gasteiger partial charge in [0.1, 0.15) is 5.78 Å². The Hall–Kier alpha value is -0.940. The molecule has 2 N–H and O–H groups in total. The van der Waals surface area contributed by atoms with Crippen LogP contribution in [0.5, 0.6) is 0 Å². The first-order valence-electron chi connectivity index (χ1n) is 10.3. The van der Waals surface area contributed by atoms with Gasteiger partial charge in [-0.2, -0.15) is 0 Å². The highest BCUT2D eigenvalue weighted by Gasteiger charge is 2.23. The molecule has 0 spiro atoms. The average Bonchev–Trinajstić information content (AvgIpc) is 2.61. The highest BCUT2D eigenvalue weighted by Crippen LogP contribution is 2.28. The van der Waals surface area contributed by atoms with Crippen LogP contribution >= 0.6 is 11.6 Å². The summed E-state index contributed by atoms with van der Waals surface area (Å²) < 4.78 is 0. The SMILES string of the molecule is Cc1c(CC(=O)CC2CCC(O)CC2)cc(Cl)cc1CN1CCN[C@@H](C)C1. The van der Waals surface area contributed by atoms with Crippen LogP contribution in [-0.2, 0) is 17.8 Å². The van der Waals surface area contributed by atoms with E-state index in [1.54, 1.807) is 0 Å². The van der Waals surface area contributed by atoms with E-state index in [0.29, 0.717) is 30.6 Å². The summed E-state index contributed by atoms with van der Waals surface area (Å²) in [5, 5.41) is 13.8. The van der Waals surface area contributed by atoms with E-state index in [9.17, 15) is 9.90 Å². The lowest BCUT2D eigenvalue weighted by Gasteiger charge is -2.32. The third-order valence-electron chi connectivity index (χ3n) is 6.15. The number of carbonyl (C=O) groups is 1. The second kappa shape index (κ2) is 9.51.